The second-order valence-corrected chi connectivity index (χ2v) is 8.17. The fourth-order valence-electron chi connectivity index (χ4n) is 5.43. The number of hydrogen-bond donors (Lipinski definition) is 1. The fourth-order valence-corrected chi connectivity index (χ4v) is 5.43. The summed E-state index contributed by atoms with van der Waals surface area (Å²) in [6.07, 6.45) is 6.63. The standard InChI is InChI=1S/C20H28O4/c1-13-4-7-16-19(2,10-8-17(22)20(16,3)12-21)15(13)6-5-14-9-11-24-18(14)23/h9,15-16,21H,1,4-8,10-12H2,2-3H3/t15-,16+,19+,20+/m1/s1. The SMILES string of the molecule is C=C1CC[C@H]2[C@@](C)(CCC(=O)[C@@]2(C)CO)[C@@H]1CCC1=CCOC1=O. The summed E-state index contributed by atoms with van der Waals surface area (Å²) in [7, 11) is 0. The zero-order chi connectivity index (χ0) is 17.5. The summed E-state index contributed by atoms with van der Waals surface area (Å²) >= 11 is 0. The van der Waals surface area contributed by atoms with Crippen molar-refractivity contribution in [2.45, 2.75) is 52.4 Å². The van der Waals surface area contributed by atoms with Gasteiger partial charge in [0.25, 0.3) is 0 Å². The molecule has 0 aromatic heterocycles. The number of ether oxygens (including phenoxy) is 1. The summed E-state index contributed by atoms with van der Waals surface area (Å²) in [4.78, 5) is 24.2. The van der Waals surface area contributed by atoms with E-state index in [1.807, 2.05) is 13.0 Å². The van der Waals surface area contributed by atoms with Gasteiger partial charge in [-0.25, -0.2) is 4.79 Å². The highest BCUT2D eigenvalue weighted by atomic mass is 16.5. The van der Waals surface area contributed by atoms with E-state index in [-0.39, 0.29) is 35.6 Å². The number of rotatable bonds is 4. The highest BCUT2D eigenvalue weighted by Gasteiger charge is 2.57. The van der Waals surface area contributed by atoms with Gasteiger partial charge in [-0.3, -0.25) is 4.79 Å². The quantitative estimate of drug-likeness (QED) is 0.634. The van der Waals surface area contributed by atoms with Crippen LogP contribution in [-0.2, 0) is 14.3 Å². The Balaban J connectivity index is 1.84. The maximum absolute atomic E-state index is 12.5. The Kier molecular flexibility index (Phi) is 4.45. The van der Waals surface area contributed by atoms with E-state index in [1.54, 1.807) is 0 Å². The predicted molar refractivity (Wildman–Crippen MR) is 91.2 cm³/mol. The fraction of sp³-hybridized carbons (Fsp3) is 0.700. The van der Waals surface area contributed by atoms with E-state index in [9.17, 15) is 14.7 Å². The average Bonchev–Trinajstić information content (AvgIpc) is 2.96. The topological polar surface area (TPSA) is 63.6 Å². The van der Waals surface area contributed by atoms with E-state index in [0.29, 0.717) is 19.4 Å². The third-order valence-electron chi connectivity index (χ3n) is 6.97. The minimum absolute atomic E-state index is 0.0379. The first-order valence-electron chi connectivity index (χ1n) is 9.01. The van der Waals surface area contributed by atoms with E-state index in [1.165, 1.54) is 5.57 Å². The molecule has 0 amide bonds. The van der Waals surface area contributed by atoms with E-state index in [0.717, 1.165) is 31.3 Å². The second kappa shape index (κ2) is 6.14. The Labute approximate surface area is 144 Å². The third-order valence-corrected chi connectivity index (χ3v) is 6.97. The minimum Gasteiger partial charge on any atom is -0.458 e. The molecular weight excluding hydrogens is 304 g/mol. The normalized spacial score (nSPS) is 39.5. The van der Waals surface area contributed by atoms with Crippen LogP contribution in [0.25, 0.3) is 0 Å². The maximum Gasteiger partial charge on any atom is 0.334 e. The molecule has 132 valence electrons. The van der Waals surface area contributed by atoms with Crippen molar-refractivity contribution >= 4 is 11.8 Å². The Morgan fingerprint density at radius 1 is 1.33 bits per heavy atom. The molecule has 2 saturated carbocycles. The first-order chi connectivity index (χ1) is 11.3. The summed E-state index contributed by atoms with van der Waals surface area (Å²) in [5.41, 5.74) is 1.32. The molecule has 0 aromatic carbocycles. The lowest BCUT2D eigenvalue weighted by atomic mass is 9.46. The zero-order valence-electron chi connectivity index (χ0n) is 14.8. The summed E-state index contributed by atoms with van der Waals surface area (Å²) in [6.45, 7) is 8.80. The van der Waals surface area contributed by atoms with Crippen LogP contribution in [0.3, 0.4) is 0 Å². The second-order valence-electron chi connectivity index (χ2n) is 8.17. The zero-order valence-corrected chi connectivity index (χ0v) is 14.8. The van der Waals surface area contributed by atoms with Crippen LogP contribution in [0.5, 0.6) is 0 Å². The first kappa shape index (κ1) is 17.4. The third kappa shape index (κ3) is 2.55. The molecule has 0 radical (unpaired) electrons. The highest BCUT2D eigenvalue weighted by Crippen LogP contribution is 2.60. The van der Waals surface area contributed by atoms with Crippen molar-refractivity contribution in [1.29, 1.82) is 0 Å². The van der Waals surface area contributed by atoms with Crippen LogP contribution in [0.4, 0.5) is 0 Å². The van der Waals surface area contributed by atoms with Crippen LogP contribution in [0.2, 0.25) is 0 Å². The number of Topliss-reactive ketones (excluding diaryl/α,β-unsaturated/α-hetero) is 1. The number of aliphatic hydroxyl groups is 1. The van der Waals surface area contributed by atoms with Gasteiger partial charge in [0.2, 0.25) is 0 Å². The Morgan fingerprint density at radius 2 is 2.08 bits per heavy atom. The highest BCUT2D eigenvalue weighted by molar-refractivity contribution is 5.90. The summed E-state index contributed by atoms with van der Waals surface area (Å²) in [6, 6.07) is 0. The molecule has 0 aromatic rings. The number of allylic oxidation sites excluding steroid dienone is 1. The van der Waals surface area contributed by atoms with Gasteiger partial charge in [-0.15, -0.1) is 0 Å². The molecule has 4 heteroatoms. The molecular formula is C20H28O4. The molecule has 2 aliphatic carbocycles. The Hall–Kier alpha value is -1.42. The van der Waals surface area contributed by atoms with Crippen molar-refractivity contribution < 1.29 is 19.4 Å². The lowest BCUT2D eigenvalue weighted by molar-refractivity contribution is -0.151. The summed E-state index contributed by atoms with van der Waals surface area (Å²) < 4.78 is 5.00. The molecule has 0 bridgehead atoms. The predicted octanol–water partition coefficient (Wildman–Crippen LogP) is 3.20. The van der Waals surface area contributed by atoms with Crippen LogP contribution in [-0.4, -0.2) is 30.1 Å². The molecule has 24 heavy (non-hydrogen) atoms. The number of aliphatic hydroxyl groups excluding tert-OH is 1. The molecule has 1 aliphatic heterocycles. The van der Waals surface area contributed by atoms with E-state index in [2.05, 4.69) is 13.5 Å². The number of hydrogen-bond acceptors (Lipinski definition) is 4. The van der Waals surface area contributed by atoms with Gasteiger partial charge >= 0.3 is 5.97 Å². The van der Waals surface area contributed by atoms with Gasteiger partial charge in [0.1, 0.15) is 12.4 Å². The van der Waals surface area contributed by atoms with Gasteiger partial charge in [0, 0.05) is 12.0 Å². The van der Waals surface area contributed by atoms with Crippen LogP contribution in [0, 0.1) is 22.7 Å². The maximum atomic E-state index is 12.5. The molecule has 0 unspecified atom stereocenters. The van der Waals surface area contributed by atoms with Crippen molar-refractivity contribution in [3.8, 4) is 0 Å². The molecule has 3 rings (SSSR count). The van der Waals surface area contributed by atoms with Crippen molar-refractivity contribution in [2.24, 2.45) is 22.7 Å². The molecule has 4 nitrogen and oxygen atoms in total. The lowest BCUT2D eigenvalue weighted by Gasteiger charge is -2.57. The van der Waals surface area contributed by atoms with E-state index >= 15 is 0 Å². The summed E-state index contributed by atoms with van der Waals surface area (Å²) in [5, 5.41) is 9.95. The number of carbonyl (C=O) groups is 2. The van der Waals surface area contributed by atoms with Gasteiger partial charge in [-0.1, -0.05) is 26.0 Å². The minimum atomic E-state index is -0.641. The number of cyclic esters (lactones) is 1. The first-order valence-corrected chi connectivity index (χ1v) is 9.01. The van der Waals surface area contributed by atoms with E-state index < -0.39 is 5.41 Å². The van der Waals surface area contributed by atoms with Crippen LogP contribution >= 0.6 is 0 Å². The van der Waals surface area contributed by atoms with Crippen LogP contribution in [0.1, 0.15) is 52.4 Å². The molecule has 1 N–H and O–H groups in total. The van der Waals surface area contributed by atoms with Gasteiger partial charge < -0.3 is 9.84 Å². The van der Waals surface area contributed by atoms with Crippen molar-refractivity contribution in [3.63, 3.8) is 0 Å². The van der Waals surface area contributed by atoms with Crippen LogP contribution < -0.4 is 0 Å². The summed E-state index contributed by atoms with van der Waals surface area (Å²) in [5.74, 6) is 0.457. The largest absolute Gasteiger partial charge is 0.458 e. The lowest BCUT2D eigenvalue weighted by Crippen LogP contribution is -2.55. The van der Waals surface area contributed by atoms with Crippen molar-refractivity contribution in [3.05, 3.63) is 23.8 Å². The van der Waals surface area contributed by atoms with Gasteiger partial charge in [0.15, 0.2) is 0 Å². The number of esters is 1. The van der Waals surface area contributed by atoms with Crippen molar-refractivity contribution in [2.75, 3.05) is 13.2 Å². The smallest absolute Gasteiger partial charge is 0.334 e. The number of fused-ring (bicyclic) bond motifs is 1. The van der Waals surface area contributed by atoms with Gasteiger partial charge in [0.05, 0.1) is 12.0 Å². The van der Waals surface area contributed by atoms with Gasteiger partial charge in [-0.05, 0) is 55.4 Å². The van der Waals surface area contributed by atoms with Gasteiger partial charge in [-0.2, -0.15) is 0 Å². The van der Waals surface area contributed by atoms with E-state index in [4.69, 9.17) is 4.74 Å². The van der Waals surface area contributed by atoms with Crippen LogP contribution in [0.15, 0.2) is 23.8 Å². The molecule has 0 saturated heterocycles. The Morgan fingerprint density at radius 3 is 2.71 bits per heavy atom. The molecule has 2 fully saturated rings. The monoisotopic (exact) mass is 332 g/mol. The van der Waals surface area contributed by atoms with Crippen molar-refractivity contribution in [1.82, 2.24) is 0 Å². The molecule has 0 spiro atoms. The number of carbonyl (C=O) groups excluding carboxylic acids is 2. The molecule has 3 aliphatic rings. The number of ketones is 1. The Bertz CT molecular complexity index is 605. The molecule has 1 heterocycles. The molecule has 4 atom stereocenters. The average molecular weight is 332 g/mol.